The van der Waals surface area contributed by atoms with Crippen molar-refractivity contribution in [2.24, 2.45) is 4.99 Å². The number of benzene rings is 2. The molecule has 0 bridgehead atoms. The van der Waals surface area contributed by atoms with E-state index in [1.807, 2.05) is 30.3 Å². The van der Waals surface area contributed by atoms with E-state index < -0.39 is 0 Å². The van der Waals surface area contributed by atoms with E-state index >= 15 is 0 Å². The molecule has 1 heterocycles. The van der Waals surface area contributed by atoms with Gasteiger partial charge >= 0.3 is 0 Å². The number of carbonyl (C=O) groups is 1. The average Bonchev–Trinajstić information content (AvgIpc) is 2.93. The maximum Gasteiger partial charge on any atom is 0.267 e. The van der Waals surface area contributed by atoms with Gasteiger partial charge in [-0.3, -0.25) is 9.69 Å². The van der Waals surface area contributed by atoms with Gasteiger partial charge in [0.25, 0.3) is 5.91 Å². The number of carbonyl (C=O) groups excluding carboxylic acids is 1. The van der Waals surface area contributed by atoms with Crippen molar-refractivity contribution in [3.05, 3.63) is 88.8 Å². The van der Waals surface area contributed by atoms with Gasteiger partial charge in [-0.05, 0) is 53.7 Å². The van der Waals surface area contributed by atoms with Crippen LogP contribution in [0.4, 0.5) is 5.69 Å². The van der Waals surface area contributed by atoms with Crippen LogP contribution >= 0.6 is 23.4 Å². The molecular formula is C21H17ClN2O2S. The molecule has 4 nitrogen and oxygen atoms in total. The molecule has 1 aliphatic rings. The van der Waals surface area contributed by atoms with Gasteiger partial charge in [0.15, 0.2) is 5.17 Å². The number of halogens is 1. The van der Waals surface area contributed by atoms with Crippen molar-refractivity contribution in [3.63, 3.8) is 0 Å². The number of hydrogen-bond acceptors (Lipinski definition) is 4. The molecule has 2 aromatic rings. The number of amides is 1. The first-order chi connectivity index (χ1) is 13.1. The fraction of sp³-hybridized carbons (Fsp3) is 0.0476. The van der Waals surface area contributed by atoms with Crippen LogP contribution in [0.3, 0.4) is 0 Å². The van der Waals surface area contributed by atoms with Crippen molar-refractivity contribution in [2.45, 2.75) is 0 Å². The molecule has 0 aromatic heterocycles. The number of phenolic OH excluding ortho intramolecular Hbond substituents is 1. The Morgan fingerprint density at radius 1 is 1.19 bits per heavy atom. The largest absolute Gasteiger partial charge is 0.508 e. The minimum atomic E-state index is -0.169. The third-order valence-electron chi connectivity index (χ3n) is 3.65. The summed E-state index contributed by atoms with van der Waals surface area (Å²) in [6.45, 7) is 4.05. The molecule has 0 saturated carbocycles. The molecule has 6 heteroatoms. The second-order valence-corrected chi connectivity index (χ2v) is 7.11. The van der Waals surface area contributed by atoms with Crippen LogP contribution in [0, 0.1) is 0 Å². The number of aliphatic imine (C=N–C) groups is 1. The van der Waals surface area contributed by atoms with Gasteiger partial charge in [0.1, 0.15) is 5.75 Å². The van der Waals surface area contributed by atoms with E-state index in [2.05, 4.69) is 11.6 Å². The zero-order valence-electron chi connectivity index (χ0n) is 14.4. The molecule has 2 aromatic carbocycles. The Morgan fingerprint density at radius 3 is 2.56 bits per heavy atom. The number of aromatic hydroxyl groups is 1. The summed E-state index contributed by atoms with van der Waals surface area (Å²) in [5.74, 6) is -0.00694. The predicted octanol–water partition coefficient (Wildman–Crippen LogP) is 5.30. The van der Waals surface area contributed by atoms with Gasteiger partial charge in [-0.2, -0.15) is 0 Å². The summed E-state index contributed by atoms with van der Waals surface area (Å²) in [6, 6.07) is 16.1. The van der Waals surface area contributed by atoms with Crippen LogP contribution in [0.5, 0.6) is 5.75 Å². The maximum atomic E-state index is 12.7. The number of allylic oxidation sites excluding steroid dienone is 2. The van der Waals surface area contributed by atoms with Crippen molar-refractivity contribution in [1.82, 2.24) is 4.90 Å². The lowest BCUT2D eigenvalue weighted by Crippen LogP contribution is -2.29. The summed E-state index contributed by atoms with van der Waals surface area (Å²) in [5, 5.41) is 10.4. The van der Waals surface area contributed by atoms with Crippen molar-refractivity contribution in [3.8, 4) is 5.75 Å². The normalized spacial score (nSPS) is 17.7. The molecule has 3 rings (SSSR count). The van der Waals surface area contributed by atoms with Crippen molar-refractivity contribution >= 4 is 46.2 Å². The van der Waals surface area contributed by atoms with Gasteiger partial charge < -0.3 is 5.11 Å². The fourth-order valence-electron chi connectivity index (χ4n) is 2.39. The molecule has 0 aliphatic carbocycles. The summed E-state index contributed by atoms with van der Waals surface area (Å²) in [7, 11) is 0. The van der Waals surface area contributed by atoms with E-state index in [0.717, 1.165) is 5.56 Å². The molecule has 1 saturated heterocycles. The lowest BCUT2D eigenvalue weighted by Gasteiger charge is -2.12. The van der Waals surface area contributed by atoms with E-state index in [1.54, 1.807) is 47.4 Å². The van der Waals surface area contributed by atoms with Gasteiger partial charge in [0.05, 0.1) is 10.6 Å². The summed E-state index contributed by atoms with van der Waals surface area (Å²) in [4.78, 5) is 19.3. The highest BCUT2D eigenvalue weighted by atomic mass is 35.5. The number of nitrogens with zero attached hydrogens (tertiary/aromatic N) is 2. The van der Waals surface area contributed by atoms with E-state index in [0.29, 0.717) is 27.3 Å². The van der Waals surface area contributed by atoms with Gasteiger partial charge in [-0.1, -0.05) is 48.0 Å². The SMILES string of the molecule is C=CCN1C(=O)/C(=C/C(Cl)=C/c2ccccc2)SC1=Nc1ccc(O)cc1. The fourth-order valence-corrected chi connectivity index (χ4v) is 3.69. The van der Waals surface area contributed by atoms with E-state index in [4.69, 9.17) is 11.6 Å². The Morgan fingerprint density at radius 2 is 1.89 bits per heavy atom. The van der Waals surface area contributed by atoms with Gasteiger partial charge in [-0.15, -0.1) is 6.58 Å². The maximum absolute atomic E-state index is 12.7. The monoisotopic (exact) mass is 396 g/mol. The van der Waals surface area contributed by atoms with Crippen LogP contribution in [0.15, 0.2) is 88.3 Å². The molecule has 1 N–H and O–H groups in total. The van der Waals surface area contributed by atoms with Crippen molar-refractivity contribution < 1.29 is 9.90 Å². The second kappa shape index (κ2) is 8.75. The standard InChI is InChI=1S/C21H17ClN2O2S/c1-2-12-24-20(26)19(14-16(22)13-15-6-4-3-5-7-15)27-21(24)23-17-8-10-18(25)11-9-17/h2-11,13-14,25H,1,12H2/b16-13-,19-14-,23-21?. The van der Waals surface area contributed by atoms with Crippen LogP contribution in [-0.4, -0.2) is 27.6 Å². The lowest BCUT2D eigenvalue weighted by atomic mass is 10.2. The highest BCUT2D eigenvalue weighted by molar-refractivity contribution is 8.18. The van der Waals surface area contributed by atoms with Crippen LogP contribution in [0.25, 0.3) is 6.08 Å². The molecule has 27 heavy (non-hydrogen) atoms. The molecule has 1 fully saturated rings. The Labute approximate surface area is 167 Å². The number of phenols is 1. The van der Waals surface area contributed by atoms with Crippen molar-refractivity contribution in [1.29, 1.82) is 0 Å². The summed E-state index contributed by atoms with van der Waals surface area (Å²) >= 11 is 7.58. The quantitative estimate of drug-likeness (QED) is 0.550. The Kier molecular flexibility index (Phi) is 6.16. The molecule has 0 radical (unpaired) electrons. The number of amidine groups is 1. The molecule has 0 spiro atoms. The average molecular weight is 397 g/mol. The third-order valence-corrected chi connectivity index (χ3v) is 4.87. The Bertz CT molecular complexity index is 934. The molecule has 136 valence electrons. The number of rotatable bonds is 5. The van der Waals surface area contributed by atoms with E-state index in [9.17, 15) is 9.90 Å². The van der Waals surface area contributed by atoms with Crippen LogP contribution in [0.2, 0.25) is 0 Å². The summed E-state index contributed by atoms with van der Waals surface area (Å²) in [6.07, 6.45) is 5.10. The molecule has 1 aliphatic heterocycles. The van der Waals surface area contributed by atoms with Crippen LogP contribution in [0.1, 0.15) is 5.56 Å². The lowest BCUT2D eigenvalue weighted by molar-refractivity contribution is -0.121. The van der Waals surface area contributed by atoms with Crippen LogP contribution in [-0.2, 0) is 4.79 Å². The Balaban J connectivity index is 1.89. The molecule has 0 atom stereocenters. The van der Waals surface area contributed by atoms with E-state index in [-0.39, 0.29) is 11.7 Å². The molecular weight excluding hydrogens is 380 g/mol. The minimum absolute atomic E-state index is 0.162. The number of thioether (sulfide) groups is 1. The van der Waals surface area contributed by atoms with Crippen LogP contribution < -0.4 is 0 Å². The van der Waals surface area contributed by atoms with E-state index in [1.165, 1.54) is 11.8 Å². The summed E-state index contributed by atoms with van der Waals surface area (Å²) in [5.41, 5.74) is 1.60. The molecule has 1 amide bonds. The van der Waals surface area contributed by atoms with Gasteiger partial charge in [-0.25, -0.2) is 4.99 Å². The first-order valence-electron chi connectivity index (χ1n) is 8.19. The highest BCUT2D eigenvalue weighted by Gasteiger charge is 2.32. The second-order valence-electron chi connectivity index (χ2n) is 5.67. The smallest absolute Gasteiger partial charge is 0.267 e. The molecule has 0 unspecified atom stereocenters. The zero-order valence-corrected chi connectivity index (χ0v) is 16.0. The number of hydrogen-bond donors (Lipinski definition) is 1. The predicted molar refractivity (Wildman–Crippen MR) is 113 cm³/mol. The first-order valence-corrected chi connectivity index (χ1v) is 9.38. The van der Waals surface area contributed by atoms with Gasteiger partial charge in [0, 0.05) is 11.6 Å². The first kappa shape index (κ1) is 19.0. The summed E-state index contributed by atoms with van der Waals surface area (Å²) < 4.78 is 0. The topological polar surface area (TPSA) is 52.9 Å². The minimum Gasteiger partial charge on any atom is -0.508 e. The van der Waals surface area contributed by atoms with Crippen molar-refractivity contribution in [2.75, 3.05) is 6.54 Å². The highest BCUT2D eigenvalue weighted by Crippen LogP contribution is 2.34. The van der Waals surface area contributed by atoms with Gasteiger partial charge in [0.2, 0.25) is 0 Å². The zero-order chi connectivity index (χ0) is 19.2. The third kappa shape index (κ3) is 4.90. The Hall–Kier alpha value is -2.76.